The molecule has 0 spiro atoms. The number of amides is 1. The molecule has 22 heavy (non-hydrogen) atoms. The van der Waals surface area contributed by atoms with Gasteiger partial charge in [-0.05, 0) is 43.2 Å². The fourth-order valence-corrected chi connectivity index (χ4v) is 2.05. The van der Waals surface area contributed by atoms with Crippen LogP contribution >= 0.6 is 0 Å². The predicted molar refractivity (Wildman–Crippen MR) is 84.0 cm³/mol. The molecule has 0 saturated carbocycles. The lowest BCUT2D eigenvalue weighted by molar-refractivity contribution is -0.115. The van der Waals surface area contributed by atoms with Crippen LogP contribution in [0.5, 0.6) is 0 Å². The van der Waals surface area contributed by atoms with E-state index < -0.39 is 11.6 Å². The smallest absolute Gasteiger partial charge is 0.226 e. The summed E-state index contributed by atoms with van der Waals surface area (Å²) in [6, 6.07) is 9.21. The largest absolute Gasteiger partial charge is 0.384 e. The van der Waals surface area contributed by atoms with Crippen molar-refractivity contribution in [3.8, 4) is 0 Å². The van der Waals surface area contributed by atoms with Gasteiger partial charge in [0.25, 0.3) is 0 Å². The first-order chi connectivity index (χ1) is 10.5. The van der Waals surface area contributed by atoms with Gasteiger partial charge < -0.3 is 10.6 Å². The predicted octanol–water partition coefficient (Wildman–Crippen LogP) is 4.02. The molecule has 0 aliphatic rings. The minimum atomic E-state index is -0.980. The second kappa shape index (κ2) is 7.02. The van der Waals surface area contributed by atoms with Gasteiger partial charge in [-0.25, -0.2) is 8.78 Å². The molecule has 0 aliphatic carbocycles. The number of hydrogen-bond acceptors (Lipinski definition) is 2. The van der Waals surface area contributed by atoms with Crippen LogP contribution in [0, 0.1) is 25.5 Å². The Balaban J connectivity index is 1.85. The third kappa shape index (κ3) is 4.04. The Bertz CT molecular complexity index is 686. The van der Waals surface area contributed by atoms with Crippen molar-refractivity contribution in [2.75, 3.05) is 17.2 Å². The molecule has 116 valence electrons. The van der Waals surface area contributed by atoms with Gasteiger partial charge in [-0.3, -0.25) is 4.79 Å². The standard InChI is InChI=1S/C17H18F2N2O/c1-11-4-3-5-16(12(11)2)20-9-8-17(22)21-13-6-7-14(18)15(19)10-13/h3-7,10,20H,8-9H2,1-2H3,(H,21,22). The average molecular weight is 304 g/mol. The van der Waals surface area contributed by atoms with Gasteiger partial charge in [0.15, 0.2) is 11.6 Å². The van der Waals surface area contributed by atoms with E-state index in [1.807, 2.05) is 32.0 Å². The van der Waals surface area contributed by atoms with Crippen LogP contribution in [0.3, 0.4) is 0 Å². The fourth-order valence-electron chi connectivity index (χ4n) is 2.05. The Morgan fingerprint density at radius 1 is 1.09 bits per heavy atom. The summed E-state index contributed by atoms with van der Waals surface area (Å²) in [7, 11) is 0. The van der Waals surface area contributed by atoms with Crippen LogP contribution in [0.4, 0.5) is 20.2 Å². The molecular formula is C17H18F2N2O. The zero-order valence-electron chi connectivity index (χ0n) is 12.5. The lowest BCUT2D eigenvalue weighted by Gasteiger charge is -2.11. The van der Waals surface area contributed by atoms with E-state index in [1.165, 1.54) is 11.6 Å². The molecule has 2 rings (SSSR count). The zero-order valence-corrected chi connectivity index (χ0v) is 12.5. The highest BCUT2D eigenvalue weighted by molar-refractivity contribution is 5.91. The summed E-state index contributed by atoms with van der Waals surface area (Å²) in [6.45, 7) is 4.50. The Labute approximate surface area is 128 Å². The molecule has 0 unspecified atom stereocenters. The van der Waals surface area contributed by atoms with Crippen LogP contribution < -0.4 is 10.6 Å². The third-order valence-corrected chi connectivity index (χ3v) is 3.48. The van der Waals surface area contributed by atoms with Gasteiger partial charge >= 0.3 is 0 Å². The van der Waals surface area contributed by atoms with Crippen molar-refractivity contribution >= 4 is 17.3 Å². The maximum absolute atomic E-state index is 13.0. The maximum Gasteiger partial charge on any atom is 0.226 e. The van der Waals surface area contributed by atoms with Crippen LogP contribution in [0.2, 0.25) is 0 Å². The number of benzene rings is 2. The van der Waals surface area contributed by atoms with E-state index in [1.54, 1.807) is 0 Å². The van der Waals surface area contributed by atoms with Gasteiger partial charge in [0.2, 0.25) is 5.91 Å². The summed E-state index contributed by atoms with van der Waals surface area (Å²) in [5.41, 5.74) is 3.55. The summed E-state index contributed by atoms with van der Waals surface area (Å²) >= 11 is 0. The van der Waals surface area contributed by atoms with Gasteiger partial charge in [-0.2, -0.15) is 0 Å². The monoisotopic (exact) mass is 304 g/mol. The zero-order chi connectivity index (χ0) is 16.1. The number of halogens is 2. The van der Waals surface area contributed by atoms with E-state index in [0.29, 0.717) is 6.54 Å². The van der Waals surface area contributed by atoms with Crippen molar-refractivity contribution in [1.82, 2.24) is 0 Å². The number of rotatable bonds is 5. The quantitative estimate of drug-likeness (QED) is 0.876. The number of anilines is 2. The summed E-state index contributed by atoms with van der Waals surface area (Å²) in [5.74, 6) is -2.18. The van der Waals surface area contributed by atoms with E-state index in [-0.39, 0.29) is 18.0 Å². The van der Waals surface area contributed by atoms with Crippen molar-refractivity contribution in [2.45, 2.75) is 20.3 Å². The summed E-state index contributed by atoms with van der Waals surface area (Å²) in [4.78, 5) is 11.8. The molecule has 0 heterocycles. The molecule has 0 aliphatic heterocycles. The topological polar surface area (TPSA) is 41.1 Å². The number of nitrogens with one attached hydrogen (secondary N) is 2. The number of carbonyl (C=O) groups excluding carboxylic acids is 1. The van der Waals surface area contributed by atoms with E-state index in [4.69, 9.17) is 0 Å². The molecule has 3 nitrogen and oxygen atoms in total. The second-order valence-corrected chi connectivity index (χ2v) is 5.10. The molecule has 0 fully saturated rings. The van der Waals surface area contributed by atoms with Gasteiger partial charge in [0.05, 0.1) is 0 Å². The molecular weight excluding hydrogens is 286 g/mol. The second-order valence-electron chi connectivity index (χ2n) is 5.10. The molecule has 2 aromatic rings. The first-order valence-corrected chi connectivity index (χ1v) is 7.02. The van der Waals surface area contributed by atoms with Crippen molar-refractivity contribution in [2.24, 2.45) is 0 Å². The number of aryl methyl sites for hydroxylation is 1. The molecule has 2 N–H and O–H groups in total. The molecule has 0 bridgehead atoms. The Morgan fingerprint density at radius 3 is 2.59 bits per heavy atom. The third-order valence-electron chi connectivity index (χ3n) is 3.48. The molecule has 2 aromatic carbocycles. The summed E-state index contributed by atoms with van der Waals surface area (Å²) in [6.07, 6.45) is 0.229. The normalized spacial score (nSPS) is 10.4. The number of carbonyl (C=O) groups is 1. The molecule has 0 saturated heterocycles. The summed E-state index contributed by atoms with van der Waals surface area (Å²) in [5, 5.41) is 5.73. The van der Waals surface area contributed by atoms with E-state index in [9.17, 15) is 13.6 Å². The first-order valence-electron chi connectivity index (χ1n) is 7.02. The van der Waals surface area contributed by atoms with E-state index >= 15 is 0 Å². The molecule has 0 atom stereocenters. The van der Waals surface area contributed by atoms with Crippen LogP contribution in [0.25, 0.3) is 0 Å². The van der Waals surface area contributed by atoms with E-state index in [2.05, 4.69) is 10.6 Å². The van der Waals surface area contributed by atoms with E-state index in [0.717, 1.165) is 23.4 Å². The van der Waals surface area contributed by atoms with Gasteiger partial charge in [0.1, 0.15) is 0 Å². The highest BCUT2D eigenvalue weighted by Crippen LogP contribution is 2.18. The minimum Gasteiger partial charge on any atom is -0.384 e. The van der Waals surface area contributed by atoms with Gasteiger partial charge in [-0.15, -0.1) is 0 Å². The van der Waals surface area contributed by atoms with Crippen LogP contribution in [-0.2, 0) is 4.79 Å². The van der Waals surface area contributed by atoms with Crippen molar-refractivity contribution < 1.29 is 13.6 Å². The van der Waals surface area contributed by atoms with Crippen molar-refractivity contribution in [3.63, 3.8) is 0 Å². The Morgan fingerprint density at radius 2 is 1.86 bits per heavy atom. The van der Waals surface area contributed by atoms with Crippen molar-refractivity contribution in [1.29, 1.82) is 0 Å². The highest BCUT2D eigenvalue weighted by Gasteiger charge is 2.07. The van der Waals surface area contributed by atoms with Crippen LogP contribution in [0.1, 0.15) is 17.5 Å². The lowest BCUT2D eigenvalue weighted by Crippen LogP contribution is -2.16. The van der Waals surface area contributed by atoms with Gasteiger partial charge in [-0.1, -0.05) is 12.1 Å². The first kappa shape index (κ1) is 15.9. The Hall–Kier alpha value is -2.43. The summed E-state index contributed by atoms with van der Waals surface area (Å²) < 4.78 is 25.8. The maximum atomic E-state index is 13.0. The molecule has 0 radical (unpaired) electrons. The van der Waals surface area contributed by atoms with Crippen molar-refractivity contribution in [3.05, 3.63) is 59.2 Å². The minimum absolute atomic E-state index is 0.229. The Kier molecular flexibility index (Phi) is 5.09. The molecule has 1 amide bonds. The highest BCUT2D eigenvalue weighted by atomic mass is 19.2. The SMILES string of the molecule is Cc1cccc(NCCC(=O)Nc2ccc(F)c(F)c2)c1C. The lowest BCUT2D eigenvalue weighted by atomic mass is 10.1. The molecule has 0 aromatic heterocycles. The molecule has 5 heteroatoms. The average Bonchev–Trinajstić information content (AvgIpc) is 2.47. The fraction of sp³-hybridized carbons (Fsp3) is 0.235. The van der Waals surface area contributed by atoms with Gasteiger partial charge in [0, 0.05) is 30.4 Å². The number of hydrogen-bond donors (Lipinski definition) is 2. The van der Waals surface area contributed by atoms with Crippen LogP contribution in [-0.4, -0.2) is 12.5 Å². The van der Waals surface area contributed by atoms with Crippen LogP contribution in [0.15, 0.2) is 36.4 Å².